The number of carboxylic acid groups (broad SMARTS) is 1. The highest BCUT2D eigenvalue weighted by molar-refractivity contribution is 5.90. The molecule has 32 heavy (non-hydrogen) atoms. The van der Waals surface area contributed by atoms with Crippen LogP contribution in [0.2, 0.25) is 0 Å². The fourth-order valence-corrected chi connectivity index (χ4v) is 5.27. The van der Waals surface area contributed by atoms with Gasteiger partial charge in [-0.2, -0.15) is 0 Å². The number of nitrogens with zero attached hydrogens (tertiary/aromatic N) is 2. The second-order valence-electron chi connectivity index (χ2n) is 9.49. The largest absolute Gasteiger partial charge is 0.480 e. The fourth-order valence-electron chi connectivity index (χ4n) is 5.27. The minimum absolute atomic E-state index is 0.0709. The molecule has 0 aliphatic carbocycles. The molecule has 2 aliphatic heterocycles. The van der Waals surface area contributed by atoms with Gasteiger partial charge in [0, 0.05) is 26.1 Å². The van der Waals surface area contributed by atoms with Crippen molar-refractivity contribution >= 4 is 17.8 Å². The molecule has 1 aromatic carbocycles. The monoisotopic (exact) mass is 442 g/mol. The second kappa shape index (κ2) is 11.5. The van der Waals surface area contributed by atoms with Crippen molar-refractivity contribution in [3.05, 3.63) is 35.9 Å². The fraction of sp³-hybridized carbons (Fsp3) is 0.654. The van der Waals surface area contributed by atoms with Crippen LogP contribution < -0.4 is 0 Å². The third-order valence-corrected chi connectivity index (χ3v) is 7.18. The number of carbonyl (C=O) groups is 3. The van der Waals surface area contributed by atoms with Crippen molar-refractivity contribution in [3.63, 3.8) is 0 Å². The summed E-state index contributed by atoms with van der Waals surface area (Å²) in [5.74, 6) is -0.869. The van der Waals surface area contributed by atoms with E-state index in [4.69, 9.17) is 0 Å². The standard InChI is InChI=1S/C26H38N2O4/c1-2-3-4-5-9-13-23(29)27-18-10-16-26(20-27)17-19-28(25(26)32)22(24(30)31)15-14-21-11-7-6-8-12-21/h6-8,11-12,22H,2-5,9-10,13-20H2,1H3,(H,30,31)/t22-,26?/m0/s1. The van der Waals surface area contributed by atoms with Gasteiger partial charge in [0.1, 0.15) is 6.04 Å². The number of likely N-dealkylation sites (tertiary alicyclic amines) is 2. The molecule has 0 bridgehead atoms. The van der Waals surface area contributed by atoms with Gasteiger partial charge in [0.25, 0.3) is 0 Å². The molecule has 1 N–H and O–H groups in total. The summed E-state index contributed by atoms with van der Waals surface area (Å²) in [6.45, 7) is 3.79. The van der Waals surface area contributed by atoms with Crippen LogP contribution in [0.1, 0.15) is 76.7 Å². The number of unbranched alkanes of at least 4 members (excludes halogenated alkanes) is 4. The van der Waals surface area contributed by atoms with Gasteiger partial charge in [-0.15, -0.1) is 0 Å². The molecule has 6 nitrogen and oxygen atoms in total. The molecule has 1 aromatic rings. The summed E-state index contributed by atoms with van der Waals surface area (Å²) in [7, 11) is 0. The Morgan fingerprint density at radius 3 is 2.53 bits per heavy atom. The van der Waals surface area contributed by atoms with Crippen molar-refractivity contribution in [3.8, 4) is 0 Å². The van der Waals surface area contributed by atoms with Crippen molar-refractivity contribution in [2.75, 3.05) is 19.6 Å². The van der Waals surface area contributed by atoms with Crippen LogP contribution in [0.4, 0.5) is 0 Å². The molecular weight excluding hydrogens is 404 g/mol. The maximum atomic E-state index is 13.5. The van der Waals surface area contributed by atoms with Crippen molar-refractivity contribution in [2.24, 2.45) is 5.41 Å². The normalized spacial score (nSPS) is 21.8. The Balaban J connectivity index is 1.59. The van der Waals surface area contributed by atoms with E-state index in [0.717, 1.165) is 31.2 Å². The number of amides is 2. The van der Waals surface area contributed by atoms with Gasteiger partial charge in [0.15, 0.2) is 0 Å². The van der Waals surface area contributed by atoms with Gasteiger partial charge < -0.3 is 14.9 Å². The number of hydrogen-bond acceptors (Lipinski definition) is 3. The molecule has 0 radical (unpaired) electrons. The highest BCUT2D eigenvalue weighted by atomic mass is 16.4. The zero-order valence-electron chi connectivity index (χ0n) is 19.4. The minimum Gasteiger partial charge on any atom is -0.480 e. The number of benzene rings is 1. The number of hydrogen-bond donors (Lipinski definition) is 1. The van der Waals surface area contributed by atoms with Gasteiger partial charge in [-0.05, 0) is 44.1 Å². The molecule has 0 saturated carbocycles. The van der Waals surface area contributed by atoms with Crippen LogP contribution in [0.5, 0.6) is 0 Å². The Hall–Kier alpha value is -2.37. The first kappa shape index (κ1) is 24.3. The van der Waals surface area contributed by atoms with E-state index in [9.17, 15) is 19.5 Å². The molecule has 176 valence electrons. The van der Waals surface area contributed by atoms with Gasteiger partial charge in [-0.3, -0.25) is 9.59 Å². The first-order valence-electron chi connectivity index (χ1n) is 12.3. The number of piperidine rings is 1. The van der Waals surface area contributed by atoms with Crippen molar-refractivity contribution in [1.29, 1.82) is 0 Å². The van der Waals surface area contributed by atoms with Crippen molar-refractivity contribution in [2.45, 2.75) is 83.6 Å². The van der Waals surface area contributed by atoms with Gasteiger partial charge in [-0.25, -0.2) is 4.79 Å². The number of carboxylic acids is 1. The summed E-state index contributed by atoms with van der Waals surface area (Å²) in [4.78, 5) is 41.7. The van der Waals surface area contributed by atoms with E-state index in [1.165, 1.54) is 19.3 Å². The van der Waals surface area contributed by atoms with E-state index >= 15 is 0 Å². The molecule has 2 saturated heterocycles. The summed E-state index contributed by atoms with van der Waals surface area (Å²) in [5.41, 5.74) is 0.477. The van der Waals surface area contributed by atoms with Crippen LogP contribution in [-0.4, -0.2) is 58.4 Å². The molecular formula is C26H38N2O4. The van der Waals surface area contributed by atoms with Gasteiger partial charge in [0.2, 0.25) is 11.8 Å². The highest BCUT2D eigenvalue weighted by Gasteiger charge is 2.51. The summed E-state index contributed by atoms with van der Waals surface area (Å²) in [6, 6.07) is 8.98. The average molecular weight is 443 g/mol. The molecule has 2 aliphatic rings. The molecule has 2 heterocycles. The lowest BCUT2D eigenvalue weighted by atomic mass is 9.78. The van der Waals surface area contributed by atoms with Crippen molar-refractivity contribution < 1.29 is 19.5 Å². The maximum absolute atomic E-state index is 13.5. The van der Waals surface area contributed by atoms with Crippen molar-refractivity contribution in [1.82, 2.24) is 9.80 Å². The minimum atomic E-state index is -0.942. The molecule has 1 spiro atoms. The first-order chi connectivity index (χ1) is 15.5. The van der Waals surface area contributed by atoms with Gasteiger partial charge >= 0.3 is 5.97 Å². The summed E-state index contributed by atoms with van der Waals surface area (Å²) >= 11 is 0. The Labute approximate surface area is 192 Å². The van der Waals surface area contributed by atoms with Gasteiger partial charge in [0.05, 0.1) is 5.41 Å². The SMILES string of the molecule is CCCCCCCC(=O)N1CCCC2(CCN([C@@H](CCc3ccccc3)C(=O)O)C2=O)C1. The Bertz CT molecular complexity index is 781. The molecule has 3 rings (SSSR count). The second-order valence-corrected chi connectivity index (χ2v) is 9.49. The zero-order chi connectivity index (χ0) is 23.0. The molecule has 2 fully saturated rings. The predicted octanol–water partition coefficient (Wildman–Crippen LogP) is 4.27. The van der Waals surface area contributed by atoms with Crippen LogP contribution in [-0.2, 0) is 20.8 Å². The third kappa shape index (κ3) is 5.90. The maximum Gasteiger partial charge on any atom is 0.326 e. The molecule has 2 atom stereocenters. The lowest BCUT2D eigenvalue weighted by molar-refractivity contribution is -0.153. The molecule has 2 amide bonds. The van der Waals surface area contributed by atoms with E-state index in [1.54, 1.807) is 4.90 Å². The topological polar surface area (TPSA) is 77.9 Å². The van der Waals surface area contributed by atoms with E-state index in [-0.39, 0.29) is 11.8 Å². The summed E-state index contributed by atoms with van der Waals surface area (Å²) < 4.78 is 0. The van der Waals surface area contributed by atoms with E-state index in [2.05, 4.69) is 6.92 Å². The highest BCUT2D eigenvalue weighted by Crippen LogP contribution is 2.41. The van der Waals surface area contributed by atoms with Gasteiger partial charge in [-0.1, -0.05) is 62.9 Å². The Kier molecular flexibility index (Phi) is 8.71. The van der Waals surface area contributed by atoms with Crippen LogP contribution in [0.25, 0.3) is 0 Å². The number of aryl methyl sites for hydroxylation is 1. The number of carbonyl (C=O) groups excluding carboxylic acids is 2. The molecule has 0 aromatic heterocycles. The van der Waals surface area contributed by atoms with Crippen LogP contribution in [0.3, 0.4) is 0 Å². The summed E-state index contributed by atoms with van der Waals surface area (Å²) in [6.07, 6.45) is 9.31. The van der Waals surface area contributed by atoms with E-state index < -0.39 is 17.4 Å². The first-order valence-corrected chi connectivity index (χ1v) is 12.3. The lowest BCUT2D eigenvalue weighted by Gasteiger charge is -2.39. The van der Waals surface area contributed by atoms with Crippen LogP contribution in [0.15, 0.2) is 30.3 Å². The Morgan fingerprint density at radius 2 is 1.81 bits per heavy atom. The number of rotatable bonds is 11. The number of aliphatic carboxylic acids is 1. The van der Waals surface area contributed by atoms with E-state index in [0.29, 0.717) is 45.3 Å². The molecule has 1 unspecified atom stereocenters. The van der Waals surface area contributed by atoms with Crippen LogP contribution >= 0.6 is 0 Å². The summed E-state index contributed by atoms with van der Waals surface area (Å²) in [5, 5.41) is 9.86. The zero-order valence-corrected chi connectivity index (χ0v) is 19.4. The lowest BCUT2D eigenvalue weighted by Crippen LogP contribution is -2.52. The average Bonchev–Trinajstić information content (AvgIpc) is 3.09. The smallest absolute Gasteiger partial charge is 0.326 e. The predicted molar refractivity (Wildman–Crippen MR) is 124 cm³/mol. The van der Waals surface area contributed by atoms with E-state index in [1.807, 2.05) is 35.2 Å². The molecule has 6 heteroatoms. The Morgan fingerprint density at radius 1 is 1.06 bits per heavy atom. The third-order valence-electron chi connectivity index (χ3n) is 7.18. The van der Waals surface area contributed by atoms with Crippen LogP contribution in [0, 0.1) is 5.41 Å². The quantitative estimate of drug-likeness (QED) is 0.519.